The minimum atomic E-state index is 0.347. The Morgan fingerprint density at radius 2 is 2.04 bits per heavy atom. The van der Waals surface area contributed by atoms with Crippen molar-refractivity contribution in [3.05, 3.63) is 47.2 Å². The SMILES string of the molecule is COc1ccccc1N1CCC(Nc2nc3c(cc2C#N)CCC3)CC1. The molecule has 0 atom stereocenters. The number of hydrogen-bond donors (Lipinski definition) is 1. The van der Waals surface area contributed by atoms with Gasteiger partial charge < -0.3 is 15.0 Å². The lowest BCUT2D eigenvalue weighted by Gasteiger charge is -2.35. The quantitative estimate of drug-likeness (QED) is 0.916. The molecule has 1 aliphatic carbocycles. The highest BCUT2D eigenvalue weighted by Gasteiger charge is 2.23. The largest absolute Gasteiger partial charge is 0.495 e. The van der Waals surface area contributed by atoms with Crippen molar-refractivity contribution in [1.29, 1.82) is 5.26 Å². The molecule has 0 spiro atoms. The maximum absolute atomic E-state index is 9.48. The van der Waals surface area contributed by atoms with Crippen molar-refractivity contribution < 1.29 is 4.74 Å². The Kier molecular flexibility index (Phi) is 4.66. The molecular weight excluding hydrogens is 324 g/mol. The van der Waals surface area contributed by atoms with Crippen LogP contribution in [-0.4, -0.2) is 31.2 Å². The van der Waals surface area contributed by atoms with Crippen molar-refractivity contribution in [3.63, 3.8) is 0 Å². The number of pyridine rings is 1. The van der Waals surface area contributed by atoms with Crippen molar-refractivity contribution in [2.75, 3.05) is 30.4 Å². The van der Waals surface area contributed by atoms with Crippen molar-refractivity contribution in [2.24, 2.45) is 0 Å². The van der Waals surface area contributed by atoms with Gasteiger partial charge in [-0.15, -0.1) is 0 Å². The first-order valence-electron chi connectivity index (χ1n) is 9.36. The Bertz CT molecular complexity index is 834. The predicted molar refractivity (Wildman–Crippen MR) is 103 cm³/mol. The van der Waals surface area contributed by atoms with E-state index in [2.05, 4.69) is 28.4 Å². The molecule has 1 aliphatic heterocycles. The number of nitrogens with one attached hydrogen (secondary N) is 1. The van der Waals surface area contributed by atoms with Gasteiger partial charge in [-0.25, -0.2) is 4.98 Å². The molecule has 0 bridgehead atoms. The molecule has 1 aromatic heterocycles. The Morgan fingerprint density at radius 1 is 1.23 bits per heavy atom. The lowest BCUT2D eigenvalue weighted by atomic mass is 10.0. The monoisotopic (exact) mass is 348 g/mol. The van der Waals surface area contributed by atoms with Gasteiger partial charge in [-0.05, 0) is 55.9 Å². The molecule has 26 heavy (non-hydrogen) atoms. The third-order valence-corrected chi connectivity index (χ3v) is 5.43. The van der Waals surface area contributed by atoms with Crippen LogP contribution < -0.4 is 15.0 Å². The number of aromatic nitrogens is 1. The first-order valence-corrected chi connectivity index (χ1v) is 9.36. The predicted octanol–water partition coefficient (Wildman–Crippen LogP) is 3.53. The normalized spacial score (nSPS) is 16.8. The van der Waals surface area contributed by atoms with Gasteiger partial charge in [-0.1, -0.05) is 12.1 Å². The van der Waals surface area contributed by atoms with Crippen molar-refractivity contribution in [2.45, 2.75) is 38.1 Å². The summed E-state index contributed by atoms with van der Waals surface area (Å²) in [5.41, 5.74) is 4.25. The van der Waals surface area contributed by atoms with Gasteiger partial charge in [0.1, 0.15) is 17.6 Å². The average Bonchev–Trinajstić information content (AvgIpc) is 3.15. The van der Waals surface area contributed by atoms with Crippen molar-refractivity contribution in [3.8, 4) is 11.8 Å². The van der Waals surface area contributed by atoms with Crippen molar-refractivity contribution >= 4 is 11.5 Å². The molecule has 1 saturated heterocycles. The maximum atomic E-state index is 9.48. The Labute approximate surface area is 154 Å². The van der Waals surface area contributed by atoms with Gasteiger partial charge in [0.05, 0.1) is 18.4 Å². The first-order chi connectivity index (χ1) is 12.8. The van der Waals surface area contributed by atoms with Crippen LogP contribution in [0.3, 0.4) is 0 Å². The summed E-state index contributed by atoms with van der Waals surface area (Å²) in [4.78, 5) is 7.13. The molecule has 2 heterocycles. The molecule has 5 heteroatoms. The molecule has 0 saturated carbocycles. The van der Waals surface area contributed by atoms with E-state index in [1.165, 1.54) is 5.56 Å². The van der Waals surface area contributed by atoms with Crippen LogP contribution in [0.25, 0.3) is 0 Å². The number of hydrogen-bond acceptors (Lipinski definition) is 5. The number of methoxy groups -OCH3 is 1. The van der Waals surface area contributed by atoms with E-state index in [0.29, 0.717) is 11.6 Å². The zero-order valence-corrected chi connectivity index (χ0v) is 15.2. The molecule has 1 aromatic carbocycles. The summed E-state index contributed by atoms with van der Waals surface area (Å²) in [6, 6.07) is 12.9. The highest BCUT2D eigenvalue weighted by Crippen LogP contribution is 2.31. The summed E-state index contributed by atoms with van der Waals surface area (Å²) < 4.78 is 5.49. The summed E-state index contributed by atoms with van der Waals surface area (Å²) in [6.07, 6.45) is 5.26. The fraction of sp³-hybridized carbons (Fsp3) is 0.429. The van der Waals surface area contributed by atoms with Gasteiger partial charge in [-0.3, -0.25) is 0 Å². The fourth-order valence-corrected chi connectivity index (χ4v) is 4.02. The van der Waals surface area contributed by atoms with Crippen LogP contribution in [0.2, 0.25) is 0 Å². The number of fused-ring (bicyclic) bond motifs is 1. The van der Waals surface area contributed by atoms with E-state index >= 15 is 0 Å². The molecular formula is C21H24N4O. The lowest BCUT2D eigenvalue weighted by Crippen LogP contribution is -2.39. The van der Waals surface area contributed by atoms with E-state index in [9.17, 15) is 5.26 Å². The Balaban J connectivity index is 1.44. The Morgan fingerprint density at radius 3 is 2.81 bits per heavy atom. The van der Waals surface area contributed by atoms with Crippen LogP contribution in [0.5, 0.6) is 5.75 Å². The molecule has 0 amide bonds. The smallest absolute Gasteiger partial charge is 0.144 e. The van der Waals surface area contributed by atoms with Gasteiger partial charge in [-0.2, -0.15) is 5.26 Å². The average molecular weight is 348 g/mol. The van der Waals surface area contributed by atoms with Crippen LogP contribution in [0.1, 0.15) is 36.1 Å². The molecule has 1 fully saturated rings. The molecule has 1 N–H and O–H groups in total. The topological polar surface area (TPSA) is 61.2 Å². The van der Waals surface area contributed by atoms with Gasteiger partial charge in [0.15, 0.2) is 0 Å². The highest BCUT2D eigenvalue weighted by molar-refractivity contribution is 5.59. The second-order valence-corrected chi connectivity index (χ2v) is 7.03. The zero-order valence-electron chi connectivity index (χ0n) is 15.2. The summed E-state index contributed by atoms with van der Waals surface area (Å²) in [7, 11) is 1.72. The van der Waals surface area contributed by atoms with Crippen LogP contribution in [0, 0.1) is 11.3 Å². The standard InChI is InChI=1S/C21H24N4O/c1-26-20-8-3-2-7-19(20)25-11-9-17(10-12-25)23-21-16(14-22)13-15-5-4-6-18(15)24-21/h2-3,7-8,13,17H,4-6,9-12H2,1H3,(H,23,24). The van der Waals surface area contributed by atoms with Crippen LogP contribution >= 0.6 is 0 Å². The number of benzene rings is 1. The minimum absolute atomic E-state index is 0.347. The van der Waals surface area contributed by atoms with Gasteiger partial charge in [0, 0.05) is 24.8 Å². The number of ether oxygens (including phenoxy) is 1. The fourth-order valence-electron chi connectivity index (χ4n) is 4.02. The lowest BCUT2D eigenvalue weighted by molar-refractivity contribution is 0.411. The first kappa shape index (κ1) is 16.7. The summed E-state index contributed by atoms with van der Waals surface area (Å²) in [5.74, 6) is 1.69. The van der Waals surface area contributed by atoms with Crippen LogP contribution in [0.15, 0.2) is 30.3 Å². The molecule has 4 rings (SSSR count). The van der Waals surface area contributed by atoms with Gasteiger partial charge >= 0.3 is 0 Å². The van der Waals surface area contributed by atoms with E-state index in [4.69, 9.17) is 9.72 Å². The summed E-state index contributed by atoms with van der Waals surface area (Å²) in [6.45, 7) is 1.93. The minimum Gasteiger partial charge on any atom is -0.495 e. The number of rotatable bonds is 4. The van der Waals surface area contributed by atoms with Gasteiger partial charge in [0.2, 0.25) is 0 Å². The zero-order chi connectivity index (χ0) is 17.9. The van der Waals surface area contributed by atoms with E-state index in [1.54, 1.807) is 7.11 Å². The summed E-state index contributed by atoms with van der Waals surface area (Å²) in [5, 5.41) is 13.0. The number of piperidine rings is 1. The third kappa shape index (κ3) is 3.20. The second-order valence-electron chi connectivity index (χ2n) is 7.03. The maximum Gasteiger partial charge on any atom is 0.144 e. The van der Waals surface area contributed by atoms with E-state index in [0.717, 1.165) is 68.1 Å². The molecule has 5 nitrogen and oxygen atoms in total. The molecule has 134 valence electrons. The number of nitrogens with zero attached hydrogens (tertiary/aromatic N) is 3. The molecule has 2 aromatic rings. The number of aryl methyl sites for hydroxylation is 2. The summed E-state index contributed by atoms with van der Waals surface area (Å²) >= 11 is 0. The molecule has 0 unspecified atom stereocenters. The number of nitriles is 1. The van der Waals surface area contributed by atoms with E-state index in [1.807, 2.05) is 18.2 Å². The molecule has 0 radical (unpaired) electrons. The second kappa shape index (κ2) is 7.25. The van der Waals surface area contributed by atoms with Gasteiger partial charge in [0.25, 0.3) is 0 Å². The Hall–Kier alpha value is -2.74. The number of para-hydroxylation sites is 2. The number of anilines is 2. The van der Waals surface area contributed by atoms with E-state index in [-0.39, 0.29) is 0 Å². The van der Waals surface area contributed by atoms with E-state index < -0.39 is 0 Å². The van der Waals surface area contributed by atoms with Crippen LogP contribution in [0.4, 0.5) is 11.5 Å². The highest BCUT2D eigenvalue weighted by atomic mass is 16.5. The third-order valence-electron chi connectivity index (χ3n) is 5.43. The molecule has 2 aliphatic rings. The van der Waals surface area contributed by atoms with Crippen molar-refractivity contribution in [1.82, 2.24) is 4.98 Å². The van der Waals surface area contributed by atoms with Crippen LogP contribution in [-0.2, 0) is 12.8 Å².